The van der Waals surface area contributed by atoms with E-state index in [1.165, 1.54) is 0 Å². The van der Waals surface area contributed by atoms with Crippen LogP contribution in [0.15, 0.2) is 4.52 Å². The van der Waals surface area contributed by atoms with Crippen LogP contribution in [0.5, 0.6) is 0 Å². The zero-order chi connectivity index (χ0) is 10.8. The first-order valence-electron chi connectivity index (χ1n) is 5.27. The highest BCUT2D eigenvalue weighted by atomic mass is 16.5. The van der Waals surface area contributed by atoms with Gasteiger partial charge in [0.2, 0.25) is 5.89 Å². The van der Waals surface area contributed by atoms with Gasteiger partial charge < -0.3 is 9.63 Å². The molecule has 0 bridgehead atoms. The van der Waals surface area contributed by atoms with Gasteiger partial charge in [-0.1, -0.05) is 18.5 Å². The number of carboxylic acid groups (broad SMARTS) is 1. The third kappa shape index (κ3) is 1.86. The second kappa shape index (κ2) is 4.00. The number of carboxylic acids is 1. The van der Waals surface area contributed by atoms with Crippen molar-refractivity contribution in [3.05, 3.63) is 11.7 Å². The van der Waals surface area contributed by atoms with Crippen LogP contribution in [0.3, 0.4) is 0 Å². The quantitative estimate of drug-likeness (QED) is 0.819. The molecule has 2 unspecified atom stereocenters. The topological polar surface area (TPSA) is 76.2 Å². The fraction of sp³-hybridized carbons (Fsp3) is 0.700. The van der Waals surface area contributed by atoms with Crippen LogP contribution in [0.25, 0.3) is 0 Å². The summed E-state index contributed by atoms with van der Waals surface area (Å²) in [5.41, 5.74) is 0. The highest BCUT2D eigenvalue weighted by molar-refractivity contribution is 5.71. The largest absolute Gasteiger partial charge is 0.481 e. The van der Waals surface area contributed by atoms with Crippen LogP contribution in [0.2, 0.25) is 0 Å². The summed E-state index contributed by atoms with van der Waals surface area (Å²) in [5.74, 6) is -0.0445. The normalized spacial score (nSPS) is 25.7. The average molecular weight is 210 g/mol. The minimum atomic E-state index is -0.756. The fourth-order valence-electron chi connectivity index (χ4n) is 2.11. The number of carbonyl (C=O) groups is 1. The molecule has 1 fully saturated rings. The molecular formula is C10H14N2O3. The summed E-state index contributed by atoms with van der Waals surface area (Å²) in [7, 11) is 0. The highest BCUT2D eigenvalue weighted by Crippen LogP contribution is 2.38. The van der Waals surface area contributed by atoms with Crippen molar-refractivity contribution in [3.8, 4) is 0 Å². The second-order valence-corrected chi connectivity index (χ2v) is 3.88. The van der Waals surface area contributed by atoms with E-state index in [1.54, 1.807) is 0 Å². The maximum Gasteiger partial charge on any atom is 0.307 e. The summed E-state index contributed by atoms with van der Waals surface area (Å²) >= 11 is 0. The molecule has 1 aliphatic rings. The van der Waals surface area contributed by atoms with E-state index in [0.717, 1.165) is 12.8 Å². The molecule has 1 aromatic rings. The minimum Gasteiger partial charge on any atom is -0.481 e. The van der Waals surface area contributed by atoms with E-state index < -0.39 is 5.97 Å². The van der Waals surface area contributed by atoms with Crippen molar-refractivity contribution in [2.45, 2.75) is 38.5 Å². The van der Waals surface area contributed by atoms with Crippen molar-refractivity contribution in [1.82, 2.24) is 10.1 Å². The molecule has 5 heteroatoms. The molecule has 1 aromatic heterocycles. The number of rotatable bonds is 3. The third-order valence-corrected chi connectivity index (χ3v) is 2.95. The maximum atomic E-state index is 11.0. The van der Waals surface area contributed by atoms with Crippen LogP contribution in [0, 0.1) is 5.92 Å². The van der Waals surface area contributed by atoms with Gasteiger partial charge in [-0.15, -0.1) is 0 Å². The predicted molar refractivity (Wildman–Crippen MR) is 51.4 cm³/mol. The lowest BCUT2D eigenvalue weighted by molar-refractivity contribution is -0.142. The Labute approximate surface area is 87.5 Å². The Kier molecular flexibility index (Phi) is 2.70. The van der Waals surface area contributed by atoms with Crippen LogP contribution in [0.4, 0.5) is 0 Å². The smallest absolute Gasteiger partial charge is 0.307 e. The molecule has 0 amide bonds. The van der Waals surface area contributed by atoms with E-state index in [-0.39, 0.29) is 11.8 Å². The summed E-state index contributed by atoms with van der Waals surface area (Å²) < 4.78 is 5.10. The van der Waals surface area contributed by atoms with Gasteiger partial charge in [0.25, 0.3) is 0 Å². The summed E-state index contributed by atoms with van der Waals surface area (Å²) in [5, 5.41) is 12.8. The van der Waals surface area contributed by atoms with Gasteiger partial charge in [0.15, 0.2) is 5.82 Å². The van der Waals surface area contributed by atoms with Crippen molar-refractivity contribution in [2.75, 3.05) is 0 Å². The van der Waals surface area contributed by atoms with Crippen LogP contribution < -0.4 is 0 Å². The Morgan fingerprint density at radius 3 is 3.00 bits per heavy atom. The summed E-state index contributed by atoms with van der Waals surface area (Å²) in [6, 6.07) is 0. The molecule has 2 rings (SSSR count). The Balaban J connectivity index is 2.18. The first-order valence-corrected chi connectivity index (χ1v) is 5.27. The first-order chi connectivity index (χ1) is 7.22. The van der Waals surface area contributed by atoms with Gasteiger partial charge in [0.1, 0.15) is 0 Å². The molecule has 0 aliphatic heterocycles. The molecule has 0 radical (unpaired) electrons. The Morgan fingerprint density at radius 2 is 2.40 bits per heavy atom. The van der Waals surface area contributed by atoms with E-state index >= 15 is 0 Å². The highest BCUT2D eigenvalue weighted by Gasteiger charge is 2.37. The van der Waals surface area contributed by atoms with E-state index in [2.05, 4.69) is 10.1 Å². The van der Waals surface area contributed by atoms with Gasteiger partial charge in [0.05, 0.1) is 11.8 Å². The lowest BCUT2D eigenvalue weighted by atomic mass is 9.96. The Bertz CT molecular complexity index is 361. The van der Waals surface area contributed by atoms with Crippen molar-refractivity contribution in [1.29, 1.82) is 0 Å². The number of aryl methyl sites for hydroxylation is 1. The van der Waals surface area contributed by atoms with E-state index in [9.17, 15) is 4.79 Å². The van der Waals surface area contributed by atoms with Gasteiger partial charge in [0, 0.05) is 6.42 Å². The van der Waals surface area contributed by atoms with E-state index in [1.807, 2.05) is 6.92 Å². The predicted octanol–water partition coefficient (Wildman–Crippen LogP) is 1.60. The minimum absolute atomic E-state index is 0.0877. The molecule has 1 N–H and O–H groups in total. The van der Waals surface area contributed by atoms with Gasteiger partial charge >= 0.3 is 5.97 Å². The van der Waals surface area contributed by atoms with E-state index in [4.69, 9.17) is 9.63 Å². The monoisotopic (exact) mass is 210 g/mol. The van der Waals surface area contributed by atoms with Gasteiger partial charge in [-0.05, 0) is 12.8 Å². The van der Waals surface area contributed by atoms with Gasteiger partial charge in [-0.2, -0.15) is 4.98 Å². The van der Waals surface area contributed by atoms with Crippen molar-refractivity contribution in [2.24, 2.45) is 5.92 Å². The number of hydrogen-bond acceptors (Lipinski definition) is 4. The standard InChI is InChI=1S/C10H14N2O3/c1-2-8-11-9(15-12-8)6-4-3-5-7(6)10(13)14/h6-7H,2-5H2,1H3,(H,13,14). The zero-order valence-electron chi connectivity index (χ0n) is 8.64. The lowest BCUT2D eigenvalue weighted by Crippen LogP contribution is -2.17. The second-order valence-electron chi connectivity index (χ2n) is 3.88. The molecule has 2 atom stereocenters. The summed E-state index contributed by atoms with van der Waals surface area (Å²) in [6.45, 7) is 1.94. The summed E-state index contributed by atoms with van der Waals surface area (Å²) in [4.78, 5) is 15.2. The molecule has 5 nitrogen and oxygen atoms in total. The van der Waals surface area contributed by atoms with Gasteiger partial charge in [-0.3, -0.25) is 4.79 Å². The molecule has 1 aliphatic carbocycles. The molecule has 0 spiro atoms. The van der Waals surface area contributed by atoms with Crippen LogP contribution >= 0.6 is 0 Å². The maximum absolute atomic E-state index is 11.0. The Morgan fingerprint density at radius 1 is 1.60 bits per heavy atom. The number of aliphatic carboxylic acids is 1. The molecule has 1 heterocycles. The van der Waals surface area contributed by atoms with Crippen LogP contribution in [0.1, 0.15) is 43.8 Å². The molecule has 15 heavy (non-hydrogen) atoms. The lowest BCUT2D eigenvalue weighted by Gasteiger charge is -2.09. The molecule has 82 valence electrons. The molecule has 0 aromatic carbocycles. The van der Waals surface area contributed by atoms with Crippen LogP contribution in [-0.4, -0.2) is 21.2 Å². The molecule has 0 saturated heterocycles. The van der Waals surface area contributed by atoms with Gasteiger partial charge in [-0.25, -0.2) is 0 Å². The number of nitrogens with zero attached hydrogens (tertiary/aromatic N) is 2. The van der Waals surface area contributed by atoms with Crippen molar-refractivity contribution >= 4 is 5.97 Å². The third-order valence-electron chi connectivity index (χ3n) is 2.95. The fourth-order valence-corrected chi connectivity index (χ4v) is 2.11. The zero-order valence-corrected chi connectivity index (χ0v) is 8.64. The first kappa shape index (κ1) is 10.1. The Hall–Kier alpha value is -1.39. The molecular weight excluding hydrogens is 196 g/mol. The number of aromatic nitrogens is 2. The van der Waals surface area contributed by atoms with Crippen molar-refractivity contribution in [3.63, 3.8) is 0 Å². The summed E-state index contributed by atoms with van der Waals surface area (Å²) in [6.07, 6.45) is 3.19. The van der Waals surface area contributed by atoms with E-state index in [0.29, 0.717) is 24.6 Å². The van der Waals surface area contributed by atoms with Crippen molar-refractivity contribution < 1.29 is 14.4 Å². The average Bonchev–Trinajstić information content (AvgIpc) is 2.85. The SMILES string of the molecule is CCc1noc(C2CCCC2C(=O)O)n1. The molecule has 1 saturated carbocycles. The van der Waals surface area contributed by atoms with Crippen LogP contribution in [-0.2, 0) is 11.2 Å². The number of hydrogen-bond donors (Lipinski definition) is 1.